The summed E-state index contributed by atoms with van der Waals surface area (Å²) in [7, 11) is 0. The molecule has 0 N–H and O–H groups in total. The second-order valence-corrected chi connectivity index (χ2v) is 18.5. The molecule has 63 heavy (non-hydrogen) atoms. The van der Waals surface area contributed by atoms with Crippen LogP contribution in [0.5, 0.6) is 0 Å². The number of unbranched alkanes of at least 4 members (excludes halogenated alkanes) is 33. The summed E-state index contributed by atoms with van der Waals surface area (Å²) in [6.07, 6.45) is 61.2. The van der Waals surface area contributed by atoms with Gasteiger partial charge in [0.15, 0.2) is 6.10 Å². The van der Waals surface area contributed by atoms with Crippen molar-refractivity contribution in [3.05, 3.63) is 36.5 Å². The van der Waals surface area contributed by atoms with E-state index < -0.39 is 6.10 Å². The van der Waals surface area contributed by atoms with Crippen molar-refractivity contribution in [3.8, 4) is 0 Å². The van der Waals surface area contributed by atoms with Crippen molar-refractivity contribution in [2.75, 3.05) is 13.2 Å². The Kier molecular flexibility index (Phi) is 50.3. The average molecular weight is 885 g/mol. The minimum atomic E-state index is -0.777. The van der Waals surface area contributed by atoms with E-state index in [9.17, 15) is 14.4 Å². The largest absolute Gasteiger partial charge is 0.462 e. The minimum Gasteiger partial charge on any atom is -0.462 e. The average Bonchev–Trinajstić information content (AvgIpc) is 3.28. The minimum absolute atomic E-state index is 0.0760. The summed E-state index contributed by atoms with van der Waals surface area (Å²) in [5.41, 5.74) is 0. The van der Waals surface area contributed by atoms with Crippen LogP contribution in [0.2, 0.25) is 0 Å². The lowest BCUT2D eigenvalue weighted by atomic mass is 10.0. The molecular weight excluding hydrogens is 781 g/mol. The normalized spacial score (nSPS) is 12.2. The fourth-order valence-corrected chi connectivity index (χ4v) is 7.93. The summed E-state index contributed by atoms with van der Waals surface area (Å²) in [5, 5.41) is 0. The molecule has 0 aliphatic rings. The number of hydrogen-bond acceptors (Lipinski definition) is 6. The topological polar surface area (TPSA) is 78.9 Å². The first kappa shape index (κ1) is 60.6. The quantitative estimate of drug-likeness (QED) is 0.0262. The molecule has 0 rings (SSSR count). The predicted molar refractivity (Wildman–Crippen MR) is 270 cm³/mol. The van der Waals surface area contributed by atoms with E-state index in [1.165, 1.54) is 167 Å². The first-order chi connectivity index (χ1) is 31.0. The summed E-state index contributed by atoms with van der Waals surface area (Å²) in [4.78, 5) is 38.0. The summed E-state index contributed by atoms with van der Waals surface area (Å²) >= 11 is 0. The Morgan fingerprint density at radius 1 is 0.317 bits per heavy atom. The molecule has 0 heterocycles. The van der Waals surface area contributed by atoms with Gasteiger partial charge in [0, 0.05) is 19.3 Å². The molecule has 0 aromatic heterocycles. The Bertz CT molecular complexity index is 1060. The van der Waals surface area contributed by atoms with Gasteiger partial charge in [0.1, 0.15) is 13.2 Å². The second-order valence-electron chi connectivity index (χ2n) is 18.5. The number of carbonyl (C=O) groups is 3. The number of esters is 3. The molecule has 0 aromatic carbocycles. The van der Waals surface area contributed by atoms with Gasteiger partial charge in [-0.15, -0.1) is 0 Å². The van der Waals surface area contributed by atoms with Gasteiger partial charge in [0.25, 0.3) is 0 Å². The van der Waals surface area contributed by atoms with Gasteiger partial charge in [-0.25, -0.2) is 0 Å². The number of hydrogen-bond donors (Lipinski definition) is 0. The van der Waals surface area contributed by atoms with Crippen LogP contribution in [0.3, 0.4) is 0 Å². The Morgan fingerprint density at radius 3 is 0.937 bits per heavy atom. The lowest BCUT2D eigenvalue weighted by molar-refractivity contribution is -0.167. The molecule has 0 fully saturated rings. The molecule has 6 nitrogen and oxygen atoms in total. The van der Waals surface area contributed by atoms with Crippen LogP contribution in [0.1, 0.15) is 290 Å². The number of carbonyl (C=O) groups excluding carboxylic acids is 3. The Morgan fingerprint density at radius 2 is 0.587 bits per heavy atom. The van der Waals surface area contributed by atoms with Crippen LogP contribution in [-0.4, -0.2) is 37.2 Å². The highest BCUT2D eigenvalue weighted by molar-refractivity contribution is 5.71. The first-order valence-electron chi connectivity index (χ1n) is 27.5. The molecule has 0 radical (unpaired) electrons. The van der Waals surface area contributed by atoms with Crippen molar-refractivity contribution in [2.45, 2.75) is 297 Å². The zero-order valence-electron chi connectivity index (χ0n) is 42.1. The fourth-order valence-electron chi connectivity index (χ4n) is 7.93. The molecule has 0 aromatic rings. The number of rotatable bonds is 50. The molecule has 0 aliphatic heterocycles. The molecule has 368 valence electrons. The predicted octanol–water partition coefficient (Wildman–Crippen LogP) is 18.1. The van der Waals surface area contributed by atoms with E-state index in [0.717, 1.165) is 83.5 Å². The molecule has 0 saturated heterocycles. The molecule has 0 unspecified atom stereocenters. The third-order valence-corrected chi connectivity index (χ3v) is 12.1. The fraction of sp³-hybridized carbons (Fsp3) is 0.842. The summed E-state index contributed by atoms with van der Waals surface area (Å²) in [6, 6.07) is 0. The maximum absolute atomic E-state index is 12.8. The second kappa shape index (κ2) is 52.3. The molecular formula is C57H104O6. The van der Waals surface area contributed by atoms with Gasteiger partial charge in [-0.2, -0.15) is 0 Å². The van der Waals surface area contributed by atoms with Gasteiger partial charge in [0.2, 0.25) is 0 Å². The van der Waals surface area contributed by atoms with E-state index in [-0.39, 0.29) is 31.1 Å². The van der Waals surface area contributed by atoms with Gasteiger partial charge in [-0.1, -0.05) is 237 Å². The monoisotopic (exact) mass is 885 g/mol. The van der Waals surface area contributed by atoms with Crippen molar-refractivity contribution < 1.29 is 28.6 Å². The van der Waals surface area contributed by atoms with Crippen LogP contribution in [0.15, 0.2) is 36.5 Å². The van der Waals surface area contributed by atoms with Crippen molar-refractivity contribution in [1.29, 1.82) is 0 Å². The molecule has 0 amide bonds. The third-order valence-electron chi connectivity index (χ3n) is 12.1. The third kappa shape index (κ3) is 50.5. The SMILES string of the molecule is CCCC/C=C/C/C=C/CCCCCCCC(=O)O[C@@H](COC(=O)CCCCCCCCC/C=C/CCCCCCCC)COC(=O)CCCCCCCCCCCCCCCC. The van der Waals surface area contributed by atoms with Gasteiger partial charge in [0.05, 0.1) is 0 Å². The Balaban J connectivity index is 4.36. The Hall–Kier alpha value is -2.37. The van der Waals surface area contributed by atoms with E-state index in [1.807, 2.05) is 0 Å². The van der Waals surface area contributed by atoms with Crippen molar-refractivity contribution in [3.63, 3.8) is 0 Å². The molecule has 0 spiro atoms. The van der Waals surface area contributed by atoms with Crippen LogP contribution in [0.25, 0.3) is 0 Å². The van der Waals surface area contributed by atoms with E-state index in [4.69, 9.17) is 14.2 Å². The molecule has 1 atom stereocenters. The number of allylic oxidation sites excluding steroid dienone is 6. The van der Waals surface area contributed by atoms with E-state index in [1.54, 1.807) is 0 Å². The molecule has 0 bridgehead atoms. The van der Waals surface area contributed by atoms with Crippen molar-refractivity contribution in [2.24, 2.45) is 0 Å². The van der Waals surface area contributed by atoms with Gasteiger partial charge in [-0.05, 0) is 70.6 Å². The van der Waals surface area contributed by atoms with E-state index in [2.05, 4.69) is 57.2 Å². The summed E-state index contributed by atoms with van der Waals surface area (Å²) < 4.78 is 16.8. The van der Waals surface area contributed by atoms with Crippen LogP contribution < -0.4 is 0 Å². The smallest absolute Gasteiger partial charge is 0.306 e. The van der Waals surface area contributed by atoms with Crippen molar-refractivity contribution >= 4 is 17.9 Å². The molecule has 0 saturated carbocycles. The van der Waals surface area contributed by atoms with Gasteiger partial charge < -0.3 is 14.2 Å². The Labute approximate surface area is 391 Å². The highest BCUT2D eigenvalue weighted by Crippen LogP contribution is 2.16. The van der Waals surface area contributed by atoms with Crippen LogP contribution in [0.4, 0.5) is 0 Å². The van der Waals surface area contributed by atoms with Crippen LogP contribution in [0, 0.1) is 0 Å². The van der Waals surface area contributed by atoms with E-state index in [0.29, 0.717) is 19.3 Å². The summed E-state index contributed by atoms with van der Waals surface area (Å²) in [5.74, 6) is -0.881. The maximum atomic E-state index is 12.8. The van der Waals surface area contributed by atoms with Gasteiger partial charge in [-0.3, -0.25) is 14.4 Å². The summed E-state index contributed by atoms with van der Waals surface area (Å²) in [6.45, 7) is 6.61. The number of ether oxygens (including phenoxy) is 3. The zero-order chi connectivity index (χ0) is 45.8. The zero-order valence-corrected chi connectivity index (χ0v) is 42.1. The van der Waals surface area contributed by atoms with Crippen LogP contribution >= 0.6 is 0 Å². The molecule has 0 aliphatic carbocycles. The van der Waals surface area contributed by atoms with E-state index >= 15 is 0 Å². The van der Waals surface area contributed by atoms with Crippen LogP contribution in [-0.2, 0) is 28.6 Å². The maximum Gasteiger partial charge on any atom is 0.306 e. The van der Waals surface area contributed by atoms with Gasteiger partial charge >= 0.3 is 17.9 Å². The standard InChI is InChI=1S/C57H104O6/c1-4-7-10-13-16-19-22-25-28-29-30-33-35-38-41-44-47-50-56(59)62-53-54(63-57(60)51-48-45-42-39-36-32-27-24-21-18-15-12-9-6-3)52-61-55(58)49-46-43-40-37-34-31-26-23-20-17-14-11-8-5-2/h15,18,24-25,27-28,54H,4-14,16-17,19-23,26,29-53H2,1-3H3/b18-15+,27-24+,28-25+/t54-/m1/s1. The lowest BCUT2D eigenvalue weighted by Gasteiger charge is -2.18. The first-order valence-corrected chi connectivity index (χ1v) is 27.5. The highest BCUT2D eigenvalue weighted by atomic mass is 16.6. The van der Waals surface area contributed by atoms with Crippen molar-refractivity contribution in [1.82, 2.24) is 0 Å². The lowest BCUT2D eigenvalue weighted by Crippen LogP contribution is -2.30. The highest BCUT2D eigenvalue weighted by Gasteiger charge is 2.19. The molecule has 6 heteroatoms.